The van der Waals surface area contributed by atoms with Crippen molar-refractivity contribution in [3.63, 3.8) is 0 Å². The van der Waals surface area contributed by atoms with Crippen LogP contribution in [0.4, 0.5) is 13.2 Å². The van der Waals surface area contributed by atoms with Crippen LogP contribution in [0.3, 0.4) is 0 Å². The highest BCUT2D eigenvalue weighted by Gasteiger charge is 2.70. The summed E-state index contributed by atoms with van der Waals surface area (Å²) in [4.78, 5) is 31.9. The molecular weight excluding hydrogens is 361 g/mol. The fraction of sp³-hybridized carbons (Fsp3) is 0.722. The molecule has 2 heterocycles. The molecule has 1 aromatic heterocycles. The summed E-state index contributed by atoms with van der Waals surface area (Å²) in [6.07, 6.45) is -1.12. The first kappa shape index (κ1) is 18.3. The first-order valence-corrected chi connectivity index (χ1v) is 9.24. The van der Waals surface area contributed by atoms with Crippen LogP contribution >= 0.6 is 0 Å². The van der Waals surface area contributed by atoms with Gasteiger partial charge in [0.05, 0.1) is 6.33 Å². The molecule has 1 aliphatic heterocycles. The Morgan fingerprint density at radius 2 is 1.85 bits per heavy atom. The number of amides is 2. The van der Waals surface area contributed by atoms with Crippen LogP contribution in [-0.2, 0) is 4.79 Å². The molecule has 2 amide bonds. The molecule has 1 aromatic rings. The highest BCUT2D eigenvalue weighted by Crippen LogP contribution is 2.57. The van der Waals surface area contributed by atoms with Gasteiger partial charge in [0.2, 0.25) is 5.91 Å². The number of imidazole rings is 1. The van der Waals surface area contributed by atoms with Crippen molar-refractivity contribution in [2.45, 2.75) is 44.4 Å². The van der Waals surface area contributed by atoms with E-state index in [4.69, 9.17) is 0 Å². The third-order valence-electron chi connectivity index (χ3n) is 6.41. The van der Waals surface area contributed by atoms with E-state index in [1.807, 2.05) is 18.4 Å². The van der Waals surface area contributed by atoms with Crippen LogP contribution in [0.25, 0.3) is 0 Å². The quantitative estimate of drug-likeness (QED) is 0.801. The van der Waals surface area contributed by atoms with Crippen LogP contribution in [0.1, 0.15) is 43.2 Å². The van der Waals surface area contributed by atoms with Crippen molar-refractivity contribution in [3.8, 4) is 0 Å². The van der Waals surface area contributed by atoms with Crippen LogP contribution in [0.5, 0.6) is 0 Å². The van der Waals surface area contributed by atoms with Gasteiger partial charge in [-0.2, -0.15) is 13.2 Å². The lowest BCUT2D eigenvalue weighted by atomic mass is 10.1. The zero-order chi connectivity index (χ0) is 19.7. The SMILES string of the molecule is CC(C)n1cnc(C(=O)N2C[C@@H]3C(C(=O)N(C)C4(C(F)(F)F)CC4)[C@@H]3C2)c1. The highest BCUT2D eigenvalue weighted by atomic mass is 19.4. The number of aromatic nitrogens is 2. The highest BCUT2D eigenvalue weighted by molar-refractivity contribution is 5.93. The van der Waals surface area contributed by atoms with E-state index < -0.39 is 23.5 Å². The Kier molecular flexibility index (Phi) is 3.88. The molecular formula is C18H23F3N4O2. The van der Waals surface area contributed by atoms with E-state index >= 15 is 0 Å². The van der Waals surface area contributed by atoms with E-state index in [0.29, 0.717) is 18.8 Å². The molecule has 1 saturated heterocycles. The van der Waals surface area contributed by atoms with Crippen LogP contribution in [0.2, 0.25) is 0 Å². The van der Waals surface area contributed by atoms with E-state index in [1.54, 1.807) is 17.4 Å². The molecule has 0 spiro atoms. The molecule has 0 N–H and O–H groups in total. The predicted octanol–water partition coefficient (Wildman–Crippen LogP) is 2.34. The fourth-order valence-corrected chi connectivity index (χ4v) is 4.31. The Labute approximate surface area is 155 Å². The minimum atomic E-state index is -4.39. The maximum atomic E-state index is 13.2. The smallest absolute Gasteiger partial charge is 0.337 e. The van der Waals surface area contributed by atoms with Gasteiger partial charge in [0, 0.05) is 38.3 Å². The van der Waals surface area contributed by atoms with Gasteiger partial charge in [-0.1, -0.05) is 0 Å². The number of carbonyl (C=O) groups is 2. The van der Waals surface area contributed by atoms with Crippen molar-refractivity contribution in [3.05, 3.63) is 18.2 Å². The lowest BCUT2D eigenvalue weighted by Crippen LogP contribution is -2.50. The number of carbonyl (C=O) groups excluding carboxylic acids is 2. The molecule has 2 saturated carbocycles. The number of piperidine rings is 1. The topological polar surface area (TPSA) is 58.4 Å². The minimum absolute atomic E-state index is 0.0239. The van der Waals surface area contributed by atoms with Crippen LogP contribution in [0.15, 0.2) is 12.5 Å². The molecule has 3 atom stereocenters. The summed E-state index contributed by atoms with van der Waals surface area (Å²) in [5.41, 5.74) is -1.61. The van der Waals surface area contributed by atoms with Gasteiger partial charge >= 0.3 is 6.18 Å². The first-order valence-electron chi connectivity index (χ1n) is 9.24. The van der Waals surface area contributed by atoms with E-state index in [9.17, 15) is 22.8 Å². The van der Waals surface area contributed by atoms with Gasteiger partial charge in [0.15, 0.2) is 0 Å². The van der Waals surface area contributed by atoms with Gasteiger partial charge < -0.3 is 14.4 Å². The Morgan fingerprint density at radius 3 is 2.30 bits per heavy atom. The Balaban J connectivity index is 1.37. The molecule has 1 unspecified atom stereocenters. The lowest BCUT2D eigenvalue weighted by Gasteiger charge is -2.31. The molecule has 9 heteroatoms. The molecule has 3 fully saturated rings. The van der Waals surface area contributed by atoms with Crippen molar-refractivity contribution in [1.29, 1.82) is 0 Å². The summed E-state index contributed by atoms with van der Waals surface area (Å²) in [6.45, 7) is 4.78. The Morgan fingerprint density at radius 1 is 1.26 bits per heavy atom. The Hall–Kier alpha value is -2.06. The predicted molar refractivity (Wildman–Crippen MR) is 89.8 cm³/mol. The summed E-state index contributed by atoms with van der Waals surface area (Å²) < 4.78 is 41.6. The Bertz CT molecular complexity index is 772. The summed E-state index contributed by atoms with van der Waals surface area (Å²) in [6, 6.07) is 0.201. The monoisotopic (exact) mass is 384 g/mol. The summed E-state index contributed by atoms with van der Waals surface area (Å²) in [7, 11) is 1.26. The maximum absolute atomic E-state index is 13.2. The van der Waals surface area contributed by atoms with Gasteiger partial charge in [-0.05, 0) is 38.5 Å². The molecule has 2 aliphatic carbocycles. The number of hydrogen-bond acceptors (Lipinski definition) is 3. The number of halogens is 3. The normalized spacial score (nSPS) is 28.3. The van der Waals surface area contributed by atoms with Gasteiger partial charge in [0.1, 0.15) is 11.2 Å². The summed E-state index contributed by atoms with van der Waals surface area (Å²) >= 11 is 0. The van der Waals surface area contributed by atoms with Gasteiger partial charge in [-0.25, -0.2) is 4.98 Å². The number of likely N-dealkylation sites (tertiary alicyclic amines) is 1. The van der Waals surface area contributed by atoms with Crippen molar-refractivity contribution >= 4 is 11.8 Å². The summed E-state index contributed by atoms with van der Waals surface area (Å²) in [5, 5.41) is 0. The number of hydrogen-bond donors (Lipinski definition) is 0. The van der Waals surface area contributed by atoms with Crippen molar-refractivity contribution in [1.82, 2.24) is 19.4 Å². The molecule has 27 heavy (non-hydrogen) atoms. The van der Waals surface area contributed by atoms with Crippen LogP contribution in [0, 0.1) is 17.8 Å². The van der Waals surface area contributed by atoms with Gasteiger partial charge in [-0.15, -0.1) is 0 Å². The third kappa shape index (κ3) is 2.73. The number of rotatable bonds is 4. The molecule has 4 rings (SSSR count). The second-order valence-corrected chi connectivity index (χ2v) is 8.29. The molecule has 0 bridgehead atoms. The fourth-order valence-electron chi connectivity index (χ4n) is 4.31. The lowest BCUT2D eigenvalue weighted by molar-refractivity contribution is -0.197. The number of fused-ring (bicyclic) bond motifs is 1. The van der Waals surface area contributed by atoms with Crippen molar-refractivity contribution in [2.75, 3.05) is 20.1 Å². The molecule has 0 aromatic carbocycles. The minimum Gasteiger partial charge on any atom is -0.337 e. The molecule has 0 radical (unpaired) electrons. The zero-order valence-electron chi connectivity index (χ0n) is 15.5. The van der Waals surface area contributed by atoms with E-state index in [2.05, 4.69) is 4.98 Å². The average Bonchev–Trinajstić information content (AvgIpc) is 3.42. The average molecular weight is 384 g/mol. The third-order valence-corrected chi connectivity index (χ3v) is 6.41. The number of alkyl halides is 3. The van der Waals surface area contributed by atoms with Crippen LogP contribution in [-0.4, -0.2) is 63.0 Å². The molecule has 6 nitrogen and oxygen atoms in total. The zero-order valence-corrected chi connectivity index (χ0v) is 15.5. The molecule has 3 aliphatic rings. The second-order valence-electron chi connectivity index (χ2n) is 8.29. The van der Waals surface area contributed by atoms with E-state index in [1.165, 1.54) is 7.05 Å². The summed E-state index contributed by atoms with van der Waals surface area (Å²) in [5.74, 6) is -1.10. The van der Waals surface area contributed by atoms with Crippen molar-refractivity contribution < 1.29 is 22.8 Å². The largest absolute Gasteiger partial charge is 0.411 e. The van der Waals surface area contributed by atoms with Crippen LogP contribution < -0.4 is 0 Å². The standard InChI is InChI=1S/C18H23F3N4O2/c1-10(2)25-8-13(22-9-25)15(26)24-6-11-12(7-24)14(11)16(27)23(3)17(4-5-17)18(19,20)21/h8-12,14H,4-7H2,1-3H3/t11-,12+,14?. The molecule has 148 valence electrons. The van der Waals surface area contributed by atoms with Gasteiger partial charge in [0.25, 0.3) is 5.91 Å². The second kappa shape index (κ2) is 5.72. The van der Waals surface area contributed by atoms with E-state index in [-0.39, 0.29) is 36.6 Å². The van der Waals surface area contributed by atoms with Crippen molar-refractivity contribution in [2.24, 2.45) is 17.8 Å². The maximum Gasteiger partial charge on any atom is 0.411 e. The number of nitrogens with zero attached hydrogens (tertiary/aromatic N) is 4. The van der Waals surface area contributed by atoms with E-state index in [0.717, 1.165) is 4.90 Å². The van der Waals surface area contributed by atoms with Gasteiger partial charge in [-0.3, -0.25) is 9.59 Å². The first-order chi connectivity index (χ1) is 12.6.